The van der Waals surface area contributed by atoms with Crippen LogP contribution < -0.4 is 0 Å². The highest BCUT2D eigenvalue weighted by Crippen LogP contribution is 2.25. The lowest BCUT2D eigenvalue weighted by Crippen LogP contribution is -1.93. The molecule has 0 aliphatic carbocycles. The van der Waals surface area contributed by atoms with E-state index in [2.05, 4.69) is 33.7 Å². The van der Waals surface area contributed by atoms with Crippen LogP contribution in [0.1, 0.15) is 11.1 Å². The van der Waals surface area contributed by atoms with Crippen LogP contribution in [0.25, 0.3) is 11.1 Å². The molecule has 0 fully saturated rings. The molecule has 3 aromatic rings. The Balaban J connectivity index is 1.76. The van der Waals surface area contributed by atoms with E-state index in [-0.39, 0.29) is 0 Å². The first kappa shape index (κ1) is 14.3. The van der Waals surface area contributed by atoms with Crippen molar-refractivity contribution in [3.8, 4) is 17.2 Å². The summed E-state index contributed by atoms with van der Waals surface area (Å²) in [6, 6.07) is 18.1. The van der Waals surface area contributed by atoms with Gasteiger partial charge < -0.3 is 0 Å². The van der Waals surface area contributed by atoms with Gasteiger partial charge in [-0.2, -0.15) is 5.26 Å². The van der Waals surface area contributed by atoms with Crippen molar-refractivity contribution in [2.24, 2.45) is 7.05 Å². The summed E-state index contributed by atoms with van der Waals surface area (Å²) in [7, 11) is 1.82. The molecule has 0 unspecified atom stereocenters. The van der Waals surface area contributed by atoms with Crippen LogP contribution in [0.2, 0.25) is 0 Å². The first-order valence-corrected chi connectivity index (χ1v) is 7.70. The van der Waals surface area contributed by atoms with Crippen molar-refractivity contribution in [3.05, 3.63) is 59.7 Å². The molecule has 0 saturated heterocycles. The monoisotopic (exact) mass is 307 g/mol. The number of nitrogens with zero attached hydrogens (tertiary/aromatic N) is 5. The third-order valence-corrected chi connectivity index (χ3v) is 4.34. The predicted octanol–water partition coefficient (Wildman–Crippen LogP) is 3.04. The summed E-state index contributed by atoms with van der Waals surface area (Å²) in [4.78, 5) is 0. The minimum absolute atomic E-state index is 0.690. The lowest BCUT2D eigenvalue weighted by Gasteiger charge is -2.06. The Morgan fingerprint density at radius 1 is 1.14 bits per heavy atom. The number of aromatic nitrogens is 4. The van der Waals surface area contributed by atoms with E-state index in [0.717, 1.165) is 22.0 Å². The Morgan fingerprint density at radius 2 is 1.91 bits per heavy atom. The van der Waals surface area contributed by atoms with Crippen LogP contribution in [-0.4, -0.2) is 20.2 Å². The van der Waals surface area contributed by atoms with Crippen molar-refractivity contribution < 1.29 is 0 Å². The molecule has 0 atom stereocenters. The molecule has 0 aliphatic rings. The van der Waals surface area contributed by atoms with Crippen LogP contribution in [0, 0.1) is 11.3 Å². The van der Waals surface area contributed by atoms with E-state index in [9.17, 15) is 5.26 Å². The van der Waals surface area contributed by atoms with E-state index in [1.807, 2.05) is 43.4 Å². The third kappa shape index (κ3) is 3.00. The van der Waals surface area contributed by atoms with E-state index < -0.39 is 0 Å². The van der Waals surface area contributed by atoms with Gasteiger partial charge in [0, 0.05) is 12.8 Å². The summed E-state index contributed by atoms with van der Waals surface area (Å²) in [6.07, 6.45) is 0. The van der Waals surface area contributed by atoms with Crippen LogP contribution in [0.15, 0.2) is 53.7 Å². The molecular formula is C16H13N5S. The maximum Gasteiger partial charge on any atom is 0.209 e. The summed E-state index contributed by atoms with van der Waals surface area (Å²) >= 11 is 1.59. The Bertz CT molecular complexity index is 817. The molecule has 0 saturated carbocycles. The molecule has 1 aromatic heterocycles. The molecular weight excluding hydrogens is 294 g/mol. The number of thioether (sulfide) groups is 1. The number of nitriles is 1. The SMILES string of the molecule is Cn1nnnc1SCc1ccc(-c2ccccc2C#N)cc1. The van der Waals surface area contributed by atoms with E-state index >= 15 is 0 Å². The molecule has 0 aliphatic heterocycles. The highest BCUT2D eigenvalue weighted by Gasteiger charge is 2.06. The average molecular weight is 307 g/mol. The second-order valence-corrected chi connectivity index (χ2v) is 5.67. The molecule has 0 spiro atoms. The zero-order valence-electron chi connectivity index (χ0n) is 12.0. The Kier molecular flexibility index (Phi) is 4.17. The van der Waals surface area contributed by atoms with Crippen molar-refractivity contribution in [1.82, 2.24) is 20.2 Å². The molecule has 0 amide bonds. The zero-order chi connectivity index (χ0) is 15.4. The Labute approximate surface area is 132 Å². The minimum atomic E-state index is 0.690. The number of hydrogen-bond acceptors (Lipinski definition) is 5. The van der Waals surface area contributed by atoms with Gasteiger partial charge in [-0.05, 0) is 33.2 Å². The molecule has 5 nitrogen and oxygen atoms in total. The standard InChI is InChI=1S/C16H13N5S/c1-21-16(18-19-20-21)22-11-12-6-8-13(9-7-12)15-5-3-2-4-14(15)10-17/h2-9H,11H2,1H3. The number of aryl methyl sites for hydroxylation is 1. The van der Waals surface area contributed by atoms with Crippen molar-refractivity contribution in [3.63, 3.8) is 0 Å². The van der Waals surface area contributed by atoms with Gasteiger partial charge in [0.25, 0.3) is 0 Å². The molecule has 0 bridgehead atoms. The second kappa shape index (κ2) is 6.41. The zero-order valence-corrected chi connectivity index (χ0v) is 12.8. The van der Waals surface area contributed by atoms with Gasteiger partial charge in [0.05, 0.1) is 11.6 Å². The van der Waals surface area contributed by atoms with Gasteiger partial charge >= 0.3 is 0 Å². The van der Waals surface area contributed by atoms with Crippen molar-refractivity contribution in [2.75, 3.05) is 0 Å². The first-order valence-electron chi connectivity index (χ1n) is 6.71. The molecule has 108 valence electrons. The van der Waals surface area contributed by atoms with Gasteiger partial charge in [0.15, 0.2) is 0 Å². The van der Waals surface area contributed by atoms with Gasteiger partial charge in [-0.3, -0.25) is 0 Å². The summed E-state index contributed by atoms with van der Waals surface area (Å²) in [5.41, 5.74) is 3.88. The van der Waals surface area contributed by atoms with Crippen LogP contribution in [-0.2, 0) is 12.8 Å². The first-order chi connectivity index (χ1) is 10.8. The second-order valence-electron chi connectivity index (χ2n) is 4.73. The fourth-order valence-electron chi connectivity index (χ4n) is 2.10. The molecule has 1 heterocycles. The Morgan fingerprint density at radius 3 is 2.59 bits per heavy atom. The number of hydrogen-bond donors (Lipinski definition) is 0. The number of rotatable bonds is 4. The highest BCUT2D eigenvalue weighted by atomic mass is 32.2. The van der Waals surface area contributed by atoms with E-state index in [0.29, 0.717) is 5.56 Å². The van der Waals surface area contributed by atoms with Crippen molar-refractivity contribution >= 4 is 11.8 Å². The van der Waals surface area contributed by atoms with Gasteiger partial charge in [-0.15, -0.1) is 5.10 Å². The predicted molar refractivity (Wildman–Crippen MR) is 85.0 cm³/mol. The molecule has 3 rings (SSSR count). The van der Waals surface area contributed by atoms with Crippen molar-refractivity contribution in [2.45, 2.75) is 10.9 Å². The summed E-state index contributed by atoms with van der Waals surface area (Å²) in [5.74, 6) is 0.800. The van der Waals surface area contributed by atoms with Crippen LogP contribution in [0.3, 0.4) is 0 Å². The topological polar surface area (TPSA) is 67.4 Å². The normalized spacial score (nSPS) is 10.4. The molecule has 0 N–H and O–H groups in total. The molecule has 6 heteroatoms. The van der Waals surface area contributed by atoms with E-state index in [1.54, 1.807) is 16.4 Å². The largest absolute Gasteiger partial charge is 0.224 e. The number of benzene rings is 2. The van der Waals surface area contributed by atoms with Gasteiger partial charge in [-0.25, -0.2) is 4.68 Å². The van der Waals surface area contributed by atoms with E-state index in [4.69, 9.17) is 0 Å². The average Bonchev–Trinajstić information content (AvgIpc) is 2.98. The van der Waals surface area contributed by atoms with Gasteiger partial charge in [0.1, 0.15) is 0 Å². The summed E-state index contributed by atoms with van der Waals surface area (Å²) < 4.78 is 1.65. The van der Waals surface area contributed by atoms with Crippen LogP contribution in [0.4, 0.5) is 0 Å². The maximum absolute atomic E-state index is 9.18. The maximum atomic E-state index is 9.18. The number of tetrazole rings is 1. The summed E-state index contributed by atoms with van der Waals surface area (Å²) in [5, 5.41) is 21.3. The minimum Gasteiger partial charge on any atom is -0.224 e. The Hall–Kier alpha value is -2.65. The lowest BCUT2D eigenvalue weighted by atomic mass is 10.00. The highest BCUT2D eigenvalue weighted by molar-refractivity contribution is 7.98. The van der Waals surface area contributed by atoms with Gasteiger partial charge in [0.2, 0.25) is 5.16 Å². The fraction of sp³-hybridized carbons (Fsp3) is 0.125. The molecule has 0 radical (unpaired) electrons. The molecule has 22 heavy (non-hydrogen) atoms. The lowest BCUT2D eigenvalue weighted by molar-refractivity contribution is 0.664. The molecule has 2 aromatic carbocycles. The van der Waals surface area contributed by atoms with Crippen molar-refractivity contribution in [1.29, 1.82) is 5.26 Å². The third-order valence-electron chi connectivity index (χ3n) is 3.26. The quantitative estimate of drug-likeness (QED) is 0.693. The van der Waals surface area contributed by atoms with Gasteiger partial charge in [-0.1, -0.05) is 54.2 Å². The summed E-state index contributed by atoms with van der Waals surface area (Å²) in [6.45, 7) is 0. The van der Waals surface area contributed by atoms with Crippen LogP contribution >= 0.6 is 11.8 Å². The van der Waals surface area contributed by atoms with Crippen LogP contribution in [0.5, 0.6) is 0 Å². The fourth-order valence-corrected chi connectivity index (χ4v) is 2.91. The van der Waals surface area contributed by atoms with E-state index in [1.165, 1.54) is 5.56 Å². The smallest absolute Gasteiger partial charge is 0.209 e.